The molecular formula is C10H16N4. The van der Waals surface area contributed by atoms with Crippen LogP contribution < -0.4 is 5.32 Å². The van der Waals surface area contributed by atoms with Gasteiger partial charge in [0.1, 0.15) is 11.6 Å². The molecule has 0 bridgehead atoms. The van der Waals surface area contributed by atoms with Crippen molar-refractivity contribution in [3.8, 4) is 11.8 Å². The minimum absolute atomic E-state index is 0.753. The molecule has 4 heteroatoms. The molecule has 0 saturated heterocycles. The van der Waals surface area contributed by atoms with E-state index in [0.29, 0.717) is 0 Å². The first-order chi connectivity index (χ1) is 6.75. The Labute approximate surface area is 84.7 Å². The molecule has 0 aliphatic heterocycles. The zero-order valence-corrected chi connectivity index (χ0v) is 8.96. The average molecular weight is 192 g/mol. The van der Waals surface area contributed by atoms with Crippen LogP contribution in [0, 0.1) is 18.8 Å². The van der Waals surface area contributed by atoms with Gasteiger partial charge in [0.25, 0.3) is 0 Å². The molecule has 1 N–H and O–H groups in total. The van der Waals surface area contributed by atoms with E-state index in [0.717, 1.165) is 31.2 Å². The lowest BCUT2D eigenvalue weighted by Crippen LogP contribution is -2.17. The van der Waals surface area contributed by atoms with E-state index in [-0.39, 0.29) is 0 Å². The Kier molecular flexibility index (Phi) is 4.14. The predicted molar refractivity (Wildman–Crippen MR) is 55.5 cm³/mol. The molecule has 14 heavy (non-hydrogen) atoms. The Hall–Kier alpha value is -1.34. The van der Waals surface area contributed by atoms with Gasteiger partial charge in [-0.3, -0.25) is 0 Å². The molecule has 1 aromatic heterocycles. The molecule has 76 valence electrons. The maximum absolute atomic E-state index is 4.05. The predicted octanol–water partition coefficient (Wildman–Crippen LogP) is 0.627. The van der Waals surface area contributed by atoms with Crippen molar-refractivity contribution in [2.45, 2.75) is 26.8 Å². The summed E-state index contributed by atoms with van der Waals surface area (Å²) in [7, 11) is 1.97. The first-order valence-corrected chi connectivity index (χ1v) is 4.71. The molecule has 0 aromatic carbocycles. The van der Waals surface area contributed by atoms with Gasteiger partial charge in [0.15, 0.2) is 0 Å². The lowest BCUT2D eigenvalue weighted by atomic mass is 10.4. The Bertz CT molecular complexity index is 343. The Balaban J connectivity index is 2.30. The second-order valence-corrected chi connectivity index (χ2v) is 3.08. The first kappa shape index (κ1) is 10.7. The number of nitrogens with one attached hydrogen (secondary N) is 1. The summed E-state index contributed by atoms with van der Waals surface area (Å²) in [6, 6.07) is 0. The molecule has 0 atom stereocenters. The molecule has 0 radical (unpaired) electrons. The molecule has 0 fully saturated rings. The third-order valence-electron chi connectivity index (χ3n) is 2.07. The Morgan fingerprint density at radius 1 is 1.43 bits per heavy atom. The number of nitrogens with zero attached hydrogens (tertiary/aromatic N) is 3. The number of hydrogen-bond acceptors (Lipinski definition) is 3. The van der Waals surface area contributed by atoms with Crippen LogP contribution in [-0.2, 0) is 13.6 Å². The smallest absolute Gasteiger partial charge is 0.146 e. The molecule has 0 saturated carbocycles. The Morgan fingerprint density at radius 2 is 2.21 bits per heavy atom. The van der Waals surface area contributed by atoms with Gasteiger partial charge in [-0.25, -0.2) is 0 Å². The fourth-order valence-corrected chi connectivity index (χ4v) is 1.08. The van der Waals surface area contributed by atoms with Gasteiger partial charge < -0.3 is 9.88 Å². The zero-order chi connectivity index (χ0) is 10.4. The number of hydrogen-bond donors (Lipinski definition) is 1. The maximum atomic E-state index is 4.05. The second-order valence-electron chi connectivity index (χ2n) is 3.08. The standard InChI is InChI=1S/C10H16N4/c1-4-5-6-7-11-8-10-13-12-9(2)14(10)3/h11H,6-8H2,1-3H3. The van der Waals surface area contributed by atoms with Crippen molar-refractivity contribution >= 4 is 0 Å². The zero-order valence-electron chi connectivity index (χ0n) is 8.96. The minimum atomic E-state index is 0.753. The second kappa shape index (κ2) is 5.40. The van der Waals surface area contributed by atoms with Crippen molar-refractivity contribution in [2.75, 3.05) is 6.54 Å². The van der Waals surface area contributed by atoms with E-state index in [1.165, 1.54) is 0 Å². The molecule has 1 aromatic rings. The molecule has 0 amide bonds. The van der Waals surface area contributed by atoms with Crippen LogP contribution in [0.4, 0.5) is 0 Å². The van der Waals surface area contributed by atoms with Crippen molar-refractivity contribution in [1.29, 1.82) is 0 Å². The van der Waals surface area contributed by atoms with Crippen LogP contribution in [0.25, 0.3) is 0 Å². The summed E-state index contributed by atoms with van der Waals surface area (Å²) in [5, 5.41) is 11.3. The lowest BCUT2D eigenvalue weighted by Gasteiger charge is -2.02. The van der Waals surface area contributed by atoms with Gasteiger partial charge in [-0.1, -0.05) is 0 Å². The quantitative estimate of drug-likeness (QED) is 0.562. The molecule has 1 rings (SSSR count). The van der Waals surface area contributed by atoms with Crippen LogP contribution in [0.1, 0.15) is 25.0 Å². The summed E-state index contributed by atoms with van der Waals surface area (Å²) in [4.78, 5) is 0. The number of rotatable bonds is 4. The normalized spacial score (nSPS) is 9.64. The van der Waals surface area contributed by atoms with E-state index in [4.69, 9.17) is 0 Å². The van der Waals surface area contributed by atoms with E-state index < -0.39 is 0 Å². The lowest BCUT2D eigenvalue weighted by molar-refractivity contribution is 0.641. The van der Waals surface area contributed by atoms with Gasteiger partial charge in [0, 0.05) is 20.0 Å². The highest BCUT2D eigenvalue weighted by Crippen LogP contribution is 1.96. The van der Waals surface area contributed by atoms with Crippen molar-refractivity contribution in [3.05, 3.63) is 11.6 Å². The summed E-state index contributed by atoms with van der Waals surface area (Å²) in [5.74, 6) is 7.76. The molecule has 4 nitrogen and oxygen atoms in total. The molecule has 0 unspecified atom stereocenters. The molecular weight excluding hydrogens is 176 g/mol. The summed E-state index contributed by atoms with van der Waals surface area (Å²) < 4.78 is 1.98. The van der Waals surface area contributed by atoms with Crippen LogP contribution in [0.2, 0.25) is 0 Å². The van der Waals surface area contributed by atoms with E-state index in [9.17, 15) is 0 Å². The van der Waals surface area contributed by atoms with Crippen LogP contribution in [0.15, 0.2) is 0 Å². The number of aryl methyl sites for hydroxylation is 1. The topological polar surface area (TPSA) is 42.7 Å². The van der Waals surface area contributed by atoms with Gasteiger partial charge in [0.2, 0.25) is 0 Å². The highest BCUT2D eigenvalue weighted by Gasteiger charge is 2.02. The number of aromatic nitrogens is 3. The van der Waals surface area contributed by atoms with E-state index in [1.54, 1.807) is 0 Å². The summed E-state index contributed by atoms with van der Waals surface area (Å²) in [5.41, 5.74) is 0. The van der Waals surface area contributed by atoms with Crippen molar-refractivity contribution in [2.24, 2.45) is 7.05 Å². The van der Waals surface area contributed by atoms with Crippen molar-refractivity contribution in [3.63, 3.8) is 0 Å². The van der Waals surface area contributed by atoms with Crippen LogP contribution >= 0.6 is 0 Å². The van der Waals surface area contributed by atoms with E-state index in [2.05, 4.69) is 27.4 Å². The monoisotopic (exact) mass is 192 g/mol. The summed E-state index contributed by atoms with van der Waals surface area (Å²) in [6.07, 6.45) is 0.882. The maximum Gasteiger partial charge on any atom is 0.146 e. The average Bonchev–Trinajstić information content (AvgIpc) is 2.49. The third kappa shape index (κ3) is 2.86. The van der Waals surface area contributed by atoms with Crippen LogP contribution in [-0.4, -0.2) is 21.3 Å². The van der Waals surface area contributed by atoms with Crippen molar-refractivity contribution in [1.82, 2.24) is 20.1 Å². The van der Waals surface area contributed by atoms with Gasteiger partial charge in [-0.2, -0.15) is 0 Å². The highest BCUT2D eigenvalue weighted by molar-refractivity contribution is 4.96. The van der Waals surface area contributed by atoms with Crippen LogP contribution in [0.5, 0.6) is 0 Å². The van der Waals surface area contributed by atoms with Gasteiger partial charge in [-0.05, 0) is 13.8 Å². The highest BCUT2D eigenvalue weighted by atomic mass is 15.3. The summed E-state index contributed by atoms with van der Waals surface area (Å²) in [6.45, 7) is 5.45. The molecule has 0 spiro atoms. The van der Waals surface area contributed by atoms with E-state index in [1.807, 2.05) is 25.5 Å². The fraction of sp³-hybridized carbons (Fsp3) is 0.600. The largest absolute Gasteiger partial charge is 0.317 e. The fourth-order valence-electron chi connectivity index (χ4n) is 1.08. The third-order valence-corrected chi connectivity index (χ3v) is 2.07. The van der Waals surface area contributed by atoms with E-state index >= 15 is 0 Å². The molecule has 0 aliphatic rings. The molecule has 0 aliphatic carbocycles. The van der Waals surface area contributed by atoms with Gasteiger partial charge in [0.05, 0.1) is 6.54 Å². The molecule has 1 heterocycles. The minimum Gasteiger partial charge on any atom is -0.317 e. The van der Waals surface area contributed by atoms with Gasteiger partial charge >= 0.3 is 0 Å². The SMILES string of the molecule is CC#CCCNCc1nnc(C)n1C. The van der Waals surface area contributed by atoms with Crippen molar-refractivity contribution < 1.29 is 0 Å². The Morgan fingerprint density at radius 3 is 2.79 bits per heavy atom. The first-order valence-electron chi connectivity index (χ1n) is 4.71. The van der Waals surface area contributed by atoms with Gasteiger partial charge in [-0.15, -0.1) is 22.0 Å². The van der Waals surface area contributed by atoms with Crippen LogP contribution in [0.3, 0.4) is 0 Å². The summed E-state index contributed by atoms with van der Waals surface area (Å²) >= 11 is 0.